The van der Waals surface area contributed by atoms with Crippen molar-refractivity contribution in [3.8, 4) is 0 Å². The van der Waals surface area contributed by atoms with Crippen LogP contribution >= 0.6 is 11.6 Å². The van der Waals surface area contributed by atoms with Crippen LogP contribution in [0.3, 0.4) is 0 Å². The molecule has 0 aromatic heterocycles. The number of halogens is 1. The van der Waals surface area contributed by atoms with Gasteiger partial charge < -0.3 is 15.3 Å². The molecule has 0 bridgehead atoms. The van der Waals surface area contributed by atoms with E-state index in [1.54, 1.807) is 0 Å². The lowest BCUT2D eigenvalue weighted by Gasteiger charge is -2.23. The summed E-state index contributed by atoms with van der Waals surface area (Å²) in [6, 6.07) is 6.85. The molecule has 2 aliphatic rings. The second kappa shape index (κ2) is 5.70. The second-order valence-electron chi connectivity index (χ2n) is 5.69. The molecule has 19 heavy (non-hydrogen) atoms. The van der Waals surface area contributed by atoms with Gasteiger partial charge >= 0.3 is 0 Å². The van der Waals surface area contributed by atoms with E-state index in [4.69, 9.17) is 11.6 Å². The topological polar surface area (TPSA) is 35.5 Å². The smallest absolute Gasteiger partial charge is 0.0642 e. The number of hydrogen-bond acceptors (Lipinski definition) is 3. The van der Waals surface area contributed by atoms with E-state index in [0.29, 0.717) is 12.0 Å². The van der Waals surface area contributed by atoms with Crippen molar-refractivity contribution in [1.82, 2.24) is 5.32 Å². The number of nitrogens with zero attached hydrogens (tertiary/aromatic N) is 1. The lowest BCUT2D eigenvalue weighted by atomic mass is 10.1. The maximum absolute atomic E-state index is 9.28. The van der Waals surface area contributed by atoms with Crippen molar-refractivity contribution in [3.63, 3.8) is 0 Å². The zero-order valence-electron chi connectivity index (χ0n) is 11.1. The Bertz CT molecular complexity index is 448. The molecule has 1 saturated carbocycles. The highest BCUT2D eigenvalue weighted by Crippen LogP contribution is 2.34. The molecule has 1 unspecified atom stereocenters. The molecule has 1 aromatic carbocycles. The van der Waals surface area contributed by atoms with Gasteiger partial charge in [-0.2, -0.15) is 0 Å². The van der Waals surface area contributed by atoms with Crippen molar-refractivity contribution in [3.05, 3.63) is 28.8 Å². The van der Waals surface area contributed by atoms with E-state index in [9.17, 15) is 5.11 Å². The Kier molecular flexibility index (Phi) is 3.96. The first-order valence-electron chi connectivity index (χ1n) is 7.14. The molecule has 1 heterocycles. The molecule has 1 saturated heterocycles. The number of para-hydroxylation sites is 1. The number of benzene rings is 1. The molecule has 4 heteroatoms. The molecule has 1 atom stereocenters. The van der Waals surface area contributed by atoms with Crippen LogP contribution in [-0.2, 0) is 6.54 Å². The average molecular weight is 281 g/mol. The third-order valence-electron chi connectivity index (χ3n) is 4.09. The summed E-state index contributed by atoms with van der Waals surface area (Å²) >= 11 is 6.40. The van der Waals surface area contributed by atoms with Crippen molar-refractivity contribution < 1.29 is 5.11 Å². The molecule has 3 nitrogen and oxygen atoms in total. The van der Waals surface area contributed by atoms with Crippen LogP contribution in [0, 0.1) is 5.92 Å². The summed E-state index contributed by atoms with van der Waals surface area (Å²) in [5.74, 6) is 0.389. The first kappa shape index (κ1) is 13.2. The van der Waals surface area contributed by atoms with Crippen molar-refractivity contribution in [2.75, 3.05) is 24.6 Å². The minimum absolute atomic E-state index is 0.274. The molecule has 3 rings (SSSR count). The Morgan fingerprint density at radius 1 is 1.32 bits per heavy atom. The normalized spacial score (nSPS) is 23.1. The zero-order chi connectivity index (χ0) is 13.2. The molecule has 2 fully saturated rings. The van der Waals surface area contributed by atoms with Gasteiger partial charge in [-0.25, -0.2) is 0 Å². The molecule has 1 aliphatic heterocycles. The number of aliphatic hydroxyl groups excluding tert-OH is 1. The predicted octanol–water partition coefficient (Wildman–Crippen LogP) is 2.41. The van der Waals surface area contributed by atoms with Crippen LogP contribution in [0.15, 0.2) is 18.2 Å². The number of nitrogens with one attached hydrogen (secondary N) is 1. The fraction of sp³-hybridized carbons (Fsp3) is 0.600. The van der Waals surface area contributed by atoms with Crippen LogP contribution in [0.2, 0.25) is 5.02 Å². The molecule has 1 aromatic rings. The van der Waals surface area contributed by atoms with Crippen LogP contribution in [-0.4, -0.2) is 30.8 Å². The van der Waals surface area contributed by atoms with Gasteiger partial charge in [0, 0.05) is 38.2 Å². The third-order valence-corrected chi connectivity index (χ3v) is 4.39. The quantitative estimate of drug-likeness (QED) is 0.869. The van der Waals surface area contributed by atoms with Crippen molar-refractivity contribution in [1.29, 1.82) is 0 Å². The maximum atomic E-state index is 9.28. The van der Waals surface area contributed by atoms with Gasteiger partial charge in [-0.15, -0.1) is 0 Å². The van der Waals surface area contributed by atoms with Crippen LogP contribution in [0.1, 0.15) is 24.8 Å². The number of aliphatic hydroxyl groups is 1. The Labute approximate surface area is 119 Å². The lowest BCUT2D eigenvalue weighted by Crippen LogP contribution is -2.24. The van der Waals surface area contributed by atoms with Gasteiger partial charge in [0.15, 0.2) is 0 Å². The molecule has 0 amide bonds. The van der Waals surface area contributed by atoms with Crippen LogP contribution in [0.4, 0.5) is 5.69 Å². The summed E-state index contributed by atoms with van der Waals surface area (Å²) < 4.78 is 0. The molecular weight excluding hydrogens is 260 g/mol. The Balaban J connectivity index is 1.77. The van der Waals surface area contributed by atoms with Gasteiger partial charge in [-0.05, 0) is 30.9 Å². The van der Waals surface area contributed by atoms with E-state index in [0.717, 1.165) is 36.8 Å². The van der Waals surface area contributed by atoms with Crippen molar-refractivity contribution in [2.45, 2.75) is 31.8 Å². The van der Waals surface area contributed by atoms with Crippen LogP contribution in [0.25, 0.3) is 0 Å². The molecule has 2 N–H and O–H groups in total. The monoisotopic (exact) mass is 280 g/mol. The Morgan fingerprint density at radius 2 is 2.16 bits per heavy atom. The standard InChI is InChI=1S/C15H21ClN2O/c16-14-3-1-2-12(8-17-13-4-5-13)15(14)18-7-6-11(9-18)10-19/h1-3,11,13,17,19H,4-10H2. The number of rotatable bonds is 5. The third kappa shape index (κ3) is 3.04. The van der Waals surface area contributed by atoms with Gasteiger partial charge in [-0.3, -0.25) is 0 Å². The minimum atomic E-state index is 0.274. The van der Waals surface area contributed by atoms with Crippen molar-refractivity contribution >= 4 is 17.3 Å². The highest BCUT2D eigenvalue weighted by molar-refractivity contribution is 6.33. The van der Waals surface area contributed by atoms with E-state index in [-0.39, 0.29) is 6.61 Å². The lowest BCUT2D eigenvalue weighted by molar-refractivity contribution is 0.238. The molecular formula is C15H21ClN2O. The summed E-state index contributed by atoms with van der Waals surface area (Å²) in [6.45, 7) is 3.07. The van der Waals surface area contributed by atoms with E-state index in [1.807, 2.05) is 12.1 Å². The summed E-state index contributed by atoms with van der Waals surface area (Å²) in [5.41, 5.74) is 2.44. The summed E-state index contributed by atoms with van der Waals surface area (Å²) in [5, 5.41) is 13.7. The van der Waals surface area contributed by atoms with Crippen LogP contribution < -0.4 is 10.2 Å². The van der Waals surface area contributed by atoms with Gasteiger partial charge in [0.25, 0.3) is 0 Å². The SMILES string of the molecule is OCC1CCN(c2c(Cl)cccc2CNC2CC2)C1. The Morgan fingerprint density at radius 3 is 2.84 bits per heavy atom. The first-order valence-corrected chi connectivity index (χ1v) is 7.52. The molecule has 104 valence electrons. The second-order valence-corrected chi connectivity index (χ2v) is 6.09. The fourth-order valence-corrected chi connectivity index (χ4v) is 3.10. The van der Waals surface area contributed by atoms with Gasteiger partial charge in [0.1, 0.15) is 0 Å². The van der Waals surface area contributed by atoms with E-state index in [2.05, 4.69) is 16.3 Å². The summed E-state index contributed by atoms with van der Waals surface area (Å²) in [6.07, 6.45) is 3.65. The summed E-state index contributed by atoms with van der Waals surface area (Å²) in [4.78, 5) is 2.33. The van der Waals surface area contributed by atoms with Gasteiger partial charge in [0.2, 0.25) is 0 Å². The van der Waals surface area contributed by atoms with E-state index >= 15 is 0 Å². The van der Waals surface area contributed by atoms with Gasteiger partial charge in [-0.1, -0.05) is 23.7 Å². The van der Waals surface area contributed by atoms with E-state index < -0.39 is 0 Å². The zero-order valence-corrected chi connectivity index (χ0v) is 11.9. The largest absolute Gasteiger partial charge is 0.396 e. The summed E-state index contributed by atoms with van der Waals surface area (Å²) in [7, 11) is 0. The molecule has 0 spiro atoms. The Hall–Kier alpha value is -0.770. The van der Waals surface area contributed by atoms with Crippen molar-refractivity contribution in [2.24, 2.45) is 5.92 Å². The maximum Gasteiger partial charge on any atom is 0.0642 e. The minimum Gasteiger partial charge on any atom is -0.396 e. The molecule has 0 radical (unpaired) electrons. The van der Waals surface area contributed by atoms with Crippen LogP contribution in [0.5, 0.6) is 0 Å². The van der Waals surface area contributed by atoms with E-state index in [1.165, 1.54) is 18.4 Å². The fourth-order valence-electron chi connectivity index (χ4n) is 2.78. The number of anilines is 1. The average Bonchev–Trinajstić information content (AvgIpc) is 3.13. The van der Waals surface area contributed by atoms with Gasteiger partial charge in [0.05, 0.1) is 10.7 Å². The number of hydrogen-bond donors (Lipinski definition) is 2. The highest BCUT2D eigenvalue weighted by atomic mass is 35.5. The predicted molar refractivity (Wildman–Crippen MR) is 78.7 cm³/mol. The first-order chi connectivity index (χ1) is 9.28. The highest BCUT2D eigenvalue weighted by Gasteiger charge is 2.26. The molecule has 1 aliphatic carbocycles.